The molecule has 0 amide bonds. The second-order valence-electron chi connectivity index (χ2n) is 5.23. The van der Waals surface area contributed by atoms with Crippen LogP contribution in [0.25, 0.3) is 0 Å². The van der Waals surface area contributed by atoms with Crippen molar-refractivity contribution in [2.75, 3.05) is 25.1 Å². The van der Waals surface area contributed by atoms with Gasteiger partial charge >= 0.3 is 5.97 Å². The van der Waals surface area contributed by atoms with Crippen LogP contribution in [-0.2, 0) is 9.47 Å². The predicted molar refractivity (Wildman–Crippen MR) is 84.4 cm³/mol. The quantitative estimate of drug-likeness (QED) is 0.460. The number of nitrogens with zero attached hydrogens (tertiary/aromatic N) is 2. The van der Waals surface area contributed by atoms with Crippen molar-refractivity contribution in [1.82, 2.24) is 0 Å². The van der Waals surface area contributed by atoms with E-state index in [-0.39, 0.29) is 23.5 Å². The number of ether oxygens (including phenoxy) is 2. The van der Waals surface area contributed by atoms with E-state index >= 15 is 0 Å². The van der Waals surface area contributed by atoms with Gasteiger partial charge in [-0.3, -0.25) is 10.1 Å². The van der Waals surface area contributed by atoms with Crippen molar-refractivity contribution in [3.63, 3.8) is 0 Å². The molecule has 8 heteroatoms. The van der Waals surface area contributed by atoms with E-state index < -0.39 is 10.9 Å². The Morgan fingerprint density at radius 1 is 1.41 bits per heavy atom. The monoisotopic (exact) mass is 372 g/mol. The molecule has 0 saturated carbocycles. The van der Waals surface area contributed by atoms with Crippen LogP contribution in [0.15, 0.2) is 16.6 Å². The van der Waals surface area contributed by atoms with Gasteiger partial charge in [0.05, 0.1) is 29.9 Å². The lowest BCUT2D eigenvalue weighted by atomic mass is 10.1. The highest BCUT2D eigenvalue weighted by Crippen LogP contribution is 2.35. The summed E-state index contributed by atoms with van der Waals surface area (Å²) in [5, 5.41) is 11.1. The van der Waals surface area contributed by atoms with Crippen molar-refractivity contribution in [3.8, 4) is 0 Å². The van der Waals surface area contributed by atoms with E-state index in [0.717, 1.165) is 0 Å². The molecular weight excluding hydrogens is 356 g/mol. The van der Waals surface area contributed by atoms with Gasteiger partial charge in [-0.25, -0.2) is 4.79 Å². The molecule has 2 rings (SSSR count). The molecular formula is C14H17BrN2O5. The summed E-state index contributed by atoms with van der Waals surface area (Å²) in [6.45, 7) is 5.20. The number of esters is 1. The van der Waals surface area contributed by atoms with E-state index in [1.54, 1.807) is 0 Å². The summed E-state index contributed by atoms with van der Waals surface area (Å²) in [6.07, 6.45) is 0.0693. The van der Waals surface area contributed by atoms with Crippen LogP contribution in [-0.4, -0.2) is 43.3 Å². The number of anilines is 1. The first kappa shape index (κ1) is 16.7. The number of benzene rings is 1. The maximum absolute atomic E-state index is 11.8. The van der Waals surface area contributed by atoms with Crippen molar-refractivity contribution < 1.29 is 19.2 Å². The lowest BCUT2D eigenvalue weighted by Crippen LogP contribution is -2.45. The normalized spacial score (nSPS) is 21.5. The molecule has 0 aromatic heterocycles. The van der Waals surface area contributed by atoms with Crippen molar-refractivity contribution in [3.05, 3.63) is 32.3 Å². The van der Waals surface area contributed by atoms with Crippen LogP contribution in [0.1, 0.15) is 24.2 Å². The Labute approximate surface area is 136 Å². The highest BCUT2D eigenvalue weighted by molar-refractivity contribution is 9.10. The molecule has 1 fully saturated rings. The molecule has 1 aromatic rings. The number of hydrogen-bond donors (Lipinski definition) is 0. The smallest absolute Gasteiger partial charge is 0.344 e. The Morgan fingerprint density at radius 2 is 2.00 bits per heavy atom. The molecule has 0 N–H and O–H groups in total. The fraction of sp³-hybridized carbons (Fsp3) is 0.500. The van der Waals surface area contributed by atoms with Gasteiger partial charge in [-0.05, 0) is 35.8 Å². The third kappa shape index (κ3) is 3.38. The molecule has 22 heavy (non-hydrogen) atoms. The second kappa shape index (κ2) is 6.62. The third-order valence-corrected chi connectivity index (χ3v) is 4.06. The third-order valence-electron chi connectivity index (χ3n) is 3.43. The van der Waals surface area contributed by atoms with Crippen molar-refractivity contribution in [2.24, 2.45) is 0 Å². The van der Waals surface area contributed by atoms with E-state index in [1.165, 1.54) is 19.2 Å². The molecule has 1 heterocycles. The van der Waals surface area contributed by atoms with Gasteiger partial charge in [0.25, 0.3) is 5.69 Å². The van der Waals surface area contributed by atoms with Gasteiger partial charge in [-0.1, -0.05) is 0 Å². The zero-order valence-corrected chi connectivity index (χ0v) is 14.1. The molecule has 120 valence electrons. The molecule has 1 aliphatic heterocycles. The zero-order valence-electron chi connectivity index (χ0n) is 12.5. The minimum atomic E-state index is -0.727. The van der Waals surface area contributed by atoms with Crippen LogP contribution in [0.3, 0.4) is 0 Å². The van der Waals surface area contributed by atoms with Crippen LogP contribution in [0.2, 0.25) is 0 Å². The number of nitro groups is 1. The minimum Gasteiger partial charge on any atom is -0.465 e. The summed E-state index contributed by atoms with van der Waals surface area (Å²) in [7, 11) is 1.20. The van der Waals surface area contributed by atoms with Crippen molar-refractivity contribution >= 4 is 33.3 Å². The summed E-state index contributed by atoms with van der Waals surface area (Å²) in [6, 6.07) is 2.84. The molecule has 0 radical (unpaired) electrons. The Bertz CT molecular complexity index is 597. The SMILES string of the molecule is COC(=O)c1cc(N2CC(C)OC(C)C2)c(Br)cc1[N+](=O)[O-]. The van der Waals surface area contributed by atoms with Gasteiger partial charge in [0.2, 0.25) is 0 Å². The van der Waals surface area contributed by atoms with E-state index in [1.807, 2.05) is 18.7 Å². The van der Waals surface area contributed by atoms with Crippen LogP contribution >= 0.6 is 15.9 Å². The molecule has 7 nitrogen and oxygen atoms in total. The first-order chi connectivity index (χ1) is 10.3. The molecule has 1 aliphatic rings. The van der Waals surface area contributed by atoms with E-state index in [0.29, 0.717) is 23.2 Å². The zero-order chi connectivity index (χ0) is 16.4. The van der Waals surface area contributed by atoms with Crippen LogP contribution in [0.5, 0.6) is 0 Å². The maximum Gasteiger partial charge on any atom is 0.344 e. The van der Waals surface area contributed by atoms with Gasteiger partial charge in [-0.2, -0.15) is 0 Å². The summed E-state index contributed by atoms with van der Waals surface area (Å²) < 4.78 is 10.9. The number of rotatable bonds is 3. The summed E-state index contributed by atoms with van der Waals surface area (Å²) in [5.74, 6) is -0.727. The number of methoxy groups -OCH3 is 1. The number of carbonyl (C=O) groups is 1. The first-order valence-electron chi connectivity index (χ1n) is 6.80. The minimum absolute atomic E-state index is 0.0346. The Kier molecular flexibility index (Phi) is 5.02. The Hall–Kier alpha value is -1.67. The van der Waals surface area contributed by atoms with Crippen molar-refractivity contribution in [2.45, 2.75) is 26.1 Å². The van der Waals surface area contributed by atoms with E-state index in [2.05, 4.69) is 20.7 Å². The summed E-state index contributed by atoms with van der Waals surface area (Å²) >= 11 is 3.36. The van der Waals surface area contributed by atoms with E-state index in [4.69, 9.17) is 4.74 Å². The Balaban J connectivity index is 2.48. The fourth-order valence-electron chi connectivity index (χ4n) is 2.59. The van der Waals surface area contributed by atoms with Gasteiger partial charge < -0.3 is 14.4 Å². The topological polar surface area (TPSA) is 81.9 Å². The molecule has 0 aliphatic carbocycles. The van der Waals surface area contributed by atoms with Crippen molar-refractivity contribution in [1.29, 1.82) is 0 Å². The standard InChI is InChI=1S/C14H17BrN2O5/c1-8-6-16(7-9(2)22-8)13-4-10(14(18)21-3)12(17(19)20)5-11(13)15/h4-5,8-9H,6-7H2,1-3H3. The molecule has 0 spiro atoms. The van der Waals surface area contributed by atoms with Gasteiger partial charge in [0, 0.05) is 23.6 Å². The average Bonchev–Trinajstić information content (AvgIpc) is 2.44. The number of halogens is 1. The molecule has 0 bridgehead atoms. The molecule has 2 atom stereocenters. The van der Waals surface area contributed by atoms with Gasteiger partial charge in [0.1, 0.15) is 5.56 Å². The van der Waals surface area contributed by atoms with E-state index in [9.17, 15) is 14.9 Å². The highest BCUT2D eigenvalue weighted by Gasteiger charge is 2.28. The summed E-state index contributed by atoms with van der Waals surface area (Å²) in [5.41, 5.74) is 0.377. The molecule has 2 unspecified atom stereocenters. The van der Waals surface area contributed by atoms with Gasteiger partial charge in [-0.15, -0.1) is 0 Å². The highest BCUT2D eigenvalue weighted by atomic mass is 79.9. The summed E-state index contributed by atoms with van der Waals surface area (Å²) in [4.78, 5) is 24.4. The fourth-order valence-corrected chi connectivity index (χ4v) is 3.17. The lowest BCUT2D eigenvalue weighted by Gasteiger charge is -2.37. The van der Waals surface area contributed by atoms with Crippen LogP contribution < -0.4 is 4.90 Å². The largest absolute Gasteiger partial charge is 0.465 e. The Morgan fingerprint density at radius 3 is 2.50 bits per heavy atom. The number of morpholine rings is 1. The first-order valence-corrected chi connectivity index (χ1v) is 7.59. The second-order valence-corrected chi connectivity index (χ2v) is 6.09. The molecule has 1 saturated heterocycles. The number of hydrogen-bond acceptors (Lipinski definition) is 6. The average molecular weight is 373 g/mol. The molecule has 1 aromatic carbocycles. The lowest BCUT2D eigenvalue weighted by molar-refractivity contribution is -0.385. The van der Waals surface area contributed by atoms with Gasteiger partial charge in [0.15, 0.2) is 0 Å². The number of carbonyl (C=O) groups excluding carboxylic acids is 1. The van der Waals surface area contributed by atoms with Crippen LogP contribution in [0.4, 0.5) is 11.4 Å². The maximum atomic E-state index is 11.8. The number of nitro benzene ring substituents is 1. The van der Waals surface area contributed by atoms with Crippen LogP contribution in [0, 0.1) is 10.1 Å². The predicted octanol–water partition coefficient (Wildman–Crippen LogP) is 2.76.